The maximum atomic E-state index is 2.35. The summed E-state index contributed by atoms with van der Waals surface area (Å²) in [5.41, 5.74) is 12.9. The first kappa shape index (κ1) is 48.3. The average molecular weight is 957 g/mol. The van der Waals surface area contributed by atoms with E-state index in [2.05, 4.69) is 311 Å². The second-order valence-electron chi connectivity index (χ2n) is 17.5. The predicted octanol–water partition coefficient (Wildman–Crippen LogP) is 21.1. The van der Waals surface area contributed by atoms with Gasteiger partial charge in [0.2, 0.25) is 0 Å². The van der Waals surface area contributed by atoms with E-state index in [0.29, 0.717) is 0 Å². The zero-order chi connectivity index (χ0) is 50.6. The van der Waals surface area contributed by atoms with Gasteiger partial charge in [-0.15, -0.1) is 0 Å². The van der Waals surface area contributed by atoms with Gasteiger partial charge >= 0.3 is 0 Å². The maximum absolute atomic E-state index is 2.35. The van der Waals surface area contributed by atoms with Gasteiger partial charge < -0.3 is 19.6 Å². The number of rotatable bonds is 12. The van der Waals surface area contributed by atoms with E-state index in [0.717, 1.165) is 68.2 Å². The number of hydrogen-bond acceptors (Lipinski definition) is 4. The topological polar surface area (TPSA) is 13.0 Å². The first-order valence-corrected chi connectivity index (χ1v) is 25.8. The first-order chi connectivity index (χ1) is 36.7. The number of anilines is 12. The van der Waals surface area contributed by atoms with Crippen molar-refractivity contribution in [2.75, 3.05) is 19.6 Å². The summed E-state index contributed by atoms with van der Waals surface area (Å²) in [7, 11) is 0. The molecule has 360 valence electrons. The second-order valence-corrected chi connectivity index (χ2v) is 17.5. The Labute approximate surface area is 436 Å². The third-order valence-electron chi connectivity index (χ3n) is 13.1. The van der Waals surface area contributed by atoms with Crippen LogP contribution in [0.1, 0.15) is 27.7 Å². The van der Waals surface area contributed by atoms with Gasteiger partial charge in [-0.2, -0.15) is 0 Å². The highest BCUT2D eigenvalue weighted by Gasteiger charge is 2.20. The van der Waals surface area contributed by atoms with E-state index in [1.165, 1.54) is 32.3 Å². The van der Waals surface area contributed by atoms with Crippen LogP contribution in [0.2, 0.25) is 0 Å². The van der Waals surface area contributed by atoms with Crippen LogP contribution in [-0.2, 0) is 0 Å². The molecule has 0 spiro atoms. The van der Waals surface area contributed by atoms with Gasteiger partial charge in [-0.05, 0) is 178 Å². The van der Waals surface area contributed by atoms with Crippen LogP contribution >= 0.6 is 0 Å². The van der Waals surface area contributed by atoms with E-state index in [4.69, 9.17) is 0 Å². The minimum Gasteiger partial charge on any atom is -0.310 e. The van der Waals surface area contributed by atoms with Crippen molar-refractivity contribution in [1.82, 2.24) is 0 Å². The SMILES string of the molecule is CC.CC.c1ccc(N(c2ccc(N(c3ccc(N(c4ccccc4)c4ccc5ccccc5c4)cc3)c3ccc(N(c4ccccc4)c4ccc5ccccc5c4)cc3)cc2)c2ccc3ccccc3c2)cc1. The normalized spacial score (nSPS) is 10.7. The second kappa shape index (κ2) is 22.8. The molecule has 12 aromatic carbocycles. The lowest BCUT2D eigenvalue weighted by Crippen LogP contribution is -2.14. The van der Waals surface area contributed by atoms with Gasteiger partial charge in [0.15, 0.2) is 0 Å². The smallest absolute Gasteiger partial charge is 0.0468 e. The van der Waals surface area contributed by atoms with Crippen molar-refractivity contribution in [2.24, 2.45) is 0 Å². The van der Waals surface area contributed by atoms with E-state index in [1.54, 1.807) is 0 Å². The van der Waals surface area contributed by atoms with Gasteiger partial charge in [0.1, 0.15) is 0 Å². The van der Waals surface area contributed by atoms with E-state index < -0.39 is 0 Å². The van der Waals surface area contributed by atoms with Crippen molar-refractivity contribution in [1.29, 1.82) is 0 Å². The highest BCUT2D eigenvalue weighted by molar-refractivity contribution is 5.93. The predicted molar refractivity (Wildman–Crippen MR) is 320 cm³/mol. The average Bonchev–Trinajstić information content (AvgIpc) is 3.49. The van der Waals surface area contributed by atoms with Crippen LogP contribution in [0.5, 0.6) is 0 Å². The summed E-state index contributed by atoms with van der Waals surface area (Å²) in [6.45, 7) is 8.00. The number of fused-ring (bicyclic) bond motifs is 3. The Hall–Kier alpha value is -9.38. The molecule has 0 aromatic heterocycles. The van der Waals surface area contributed by atoms with Gasteiger partial charge in [0, 0.05) is 68.2 Å². The lowest BCUT2D eigenvalue weighted by Gasteiger charge is -2.30. The maximum Gasteiger partial charge on any atom is 0.0468 e. The molecule has 0 aliphatic rings. The first-order valence-electron chi connectivity index (χ1n) is 25.8. The molecule has 12 aromatic rings. The molecular formula is C70H60N4. The fourth-order valence-electron chi connectivity index (χ4n) is 9.72. The molecule has 0 fully saturated rings. The van der Waals surface area contributed by atoms with Crippen molar-refractivity contribution >= 4 is 101 Å². The third-order valence-corrected chi connectivity index (χ3v) is 13.1. The fraction of sp³-hybridized carbons (Fsp3) is 0.0571. The lowest BCUT2D eigenvalue weighted by atomic mass is 10.1. The molecule has 0 amide bonds. The van der Waals surface area contributed by atoms with Crippen LogP contribution in [0, 0.1) is 0 Å². The molecule has 0 aliphatic carbocycles. The molecule has 0 saturated heterocycles. The number of para-hydroxylation sites is 3. The molecule has 0 bridgehead atoms. The molecule has 0 saturated carbocycles. The Bertz CT molecular complexity index is 3310. The highest BCUT2D eigenvalue weighted by atomic mass is 15.2. The lowest BCUT2D eigenvalue weighted by molar-refractivity contribution is 1.24. The van der Waals surface area contributed by atoms with Gasteiger partial charge in [0.25, 0.3) is 0 Å². The number of benzene rings is 12. The van der Waals surface area contributed by atoms with Crippen LogP contribution in [0.3, 0.4) is 0 Å². The Kier molecular flexibility index (Phi) is 14.9. The number of hydrogen-bond donors (Lipinski definition) is 0. The molecule has 12 rings (SSSR count). The van der Waals surface area contributed by atoms with E-state index in [9.17, 15) is 0 Å². The van der Waals surface area contributed by atoms with Crippen LogP contribution in [0.4, 0.5) is 68.2 Å². The van der Waals surface area contributed by atoms with Crippen LogP contribution < -0.4 is 19.6 Å². The minimum atomic E-state index is 1.04. The van der Waals surface area contributed by atoms with Gasteiger partial charge in [-0.3, -0.25) is 0 Å². The summed E-state index contributed by atoms with van der Waals surface area (Å²) < 4.78 is 0. The van der Waals surface area contributed by atoms with Gasteiger partial charge in [-0.1, -0.05) is 173 Å². The van der Waals surface area contributed by atoms with Crippen LogP contribution in [0.25, 0.3) is 32.3 Å². The summed E-state index contributed by atoms with van der Waals surface area (Å²) in [6, 6.07) is 104. The van der Waals surface area contributed by atoms with Crippen molar-refractivity contribution in [3.8, 4) is 0 Å². The van der Waals surface area contributed by atoms with E-state index >= 15 is 0 Å². The molecule has 0 radical (unpaired) electrons. The van der Waals surface area contributed by atoms with Crippen molar-refractivity contribution in [2.45, 2.75) is 27.7 Å². The summed E-state index contributed by atoms with van der Waals surface area (Å²) in [6.07, 6.45) is 0. The van der Waals surface area contributed by atoms with Crippen molar-refractivity contribution in [3.63, 3.8) is 0 Å². The fourth-order valence-corrected chi connectivity index (χ4v) is 9.72. The molecule has 0 aliphatic heterocycles. The zero-order valence-electron chi connectivity index (χ0n) is 42.5. The Morgan fingerprint density at radius 3 is 0.541 bits per heavy atom. The Morgan fingerprint density at radius 2 is 0.311 bits per heavy atom. The Morgan fingerprint density at radius 1 is 0.149 bits per heavy atom. The molecule has 0 heterocycles. The van der Waals surface area contributed by atoms with Crippen LogP contribution in [-0.4, -0.2) is 0 Å². The minimum absolute atomic E-state index is 1.04. The van der Waals surface area contributed by atoms with Gasteiger partial charge in [0.05, 0.1) is 0 Å². The molecule has 4 nitrogen and oxygen atoms in total. The monoisotopic (exact) mass is 956 g/mol. The summed E-state index contributed by atoms with van der Waals surface area (Å²) in [5, 5.41) is 7.26. The third kappa shape index (κ3) is 10.2. The summed E-state index contributed by atoms with van der Waals surface area (Å²) in [4.78, 5) is 9.35. The van der Waals surface area contributed by atoms with Crippen molar-refractivity contribution in [3.05, 3.63) is 291 Å². The number of nitrogens with zero attached hydrogens (tertiary/aromatic N) is 4. The zero-order valence-corrected chi connectivity index (χ0v) is 42.5. The van der Waals surface area contributed by atoms with Crippen LogP contribution in [0.15, 0.2) is 291 Å². The van der Waals surface area contributed by atoms with E-state index in [-0.39, 0.29) is 0 Å². The molecule has 0 unspecified atom stereocenters. The molecular weight excluding hydrogens is 897 g/mol. The quantitative estimate of drug-likeness (QED) is 0.121. The van der Waals surface area contributed by atoms with E-state index in [1.807, 2.05) is 27.7 Å². The Balaban J connectivity index is 0.00000153. The van der Waals surface area contributed by atoms with Gasteiger partial charge in [-0.25, -0.2) is 0 Å². The molecule has 0 N–H and O–H groups in total. The van der Waals surface area contributed by atoms with Crippen molar-refractivity contribution < 1.29 is 0 Å². The highest BCUT2D eigenvalue weighted by Crippen LogP contribution is 2.44. The summed E-state index contributed by atoms with van der Waals surface area (Å²) >= 11 is 0. The summed E-state index contributed by atoms with van der Waals surface area (Å²) in [5.74, 6) is 0. The molecule has 0 atom stereocenters. The molecule has 74 heavy (non-hydrogen) atoms. The largest absolute Gasteiger partial charge is 0.310 e. The standard InChI is InChI=1S/C66H48N4.2C2H6/c1-4-22-55(23-5-1)68(64-31-28-49-16-10-13-19-52(49)46-64)61-40-34-58(35-41-61)67(59-36-42-62(43-37-59)69(56-24-6-2-7-25-56)65-32-29-50-17-11-14-20-53(50)47-65)60-38-44-63(45-39-60)70(57-26-8-3-9-27-57)66-33-30-51-18-12-15-21-54(51)48-66;2*1-2/h1-48H;2*1-2H3. The molecule has 4 heteroatoms.